The fourth-order valence-electron chi connectivity index (χ4n) is 5.85. The number of aromatic nitrogens is 2. The maximum atomic E-state index is 13.0. The van der Waals surface area contributed by atoms with Crippen LogP contribution in [0, 0.1) is 0 Å². The van der Waals surface area contributed by atoms with Gasteiger partial charge in [-0.2, -0.15) is 4.98 Å². The van der Waals surface area contributed by atoms with E-state index in [1.54, 1.807) is 6.07 Å². The summed E-state index contributed by atoms with van der Waals surface area (Å²) in [5.74, 6) is 1.46. The Hall–Kier alpha value is -2.21. The lowest BCUT2D eigenvalue weighted by molar-refractivity contribution is 0.217. The second-order valence-corrected chi connectivity index (χ2v) is 9.39. The van der Waals surface area contributed by atoms with E-state index < -0.39 is 0 Å². The van der Waals surface area contributed by atoms with Gasteiger partial charge in [0.25, 0.3) is 5.56 Å². The average Bonchev–Trinajstić information content (AvgIpc) is 3.02. The summed E-state index contributed by atoms with van der Waals surface area (Å²) in [5, 5.41) is 7.84. The quantitative estimate of drug-likeness (QED) is 0.666. The van der Waals surface area contributed by atoms with E-state index in [1.165, 1.54) is 16.8 Å². The first kappa shape index (κ1) is 18.6. The highest BCUT2D eigenvalue weighted by Crippen LogP contribution is 2.55. The first-order chi connectivity index (χ1) is 14.6. The van der Waals surface area contributed by atoms with Gasteiger partial charge in [0.15, 0.2) is 0 Å². The normalized spacial score (nSPS) is 25.3. The van der Waals surface area contributed by atoms with Gasteiger partial charge in [-0.1, -0.05) is 29.8 Å². The molecule has 1 aromatic heterocycles. The fraction of sp³-hybridized carbons (Fsp3) is 0.417. The molecule has 6 rings (SSSR count). The average molecular weight is 421 g/mol. The highest BCUT2D eigenvalue weighted by molar-refractivity contribution is 6.35. The lowest BCUT2D eigenvalue weighted by Gasteiger charge is -2.45. The van der Waals surface area contributed by atoms with Crippen molar-refractivity contribution < 1.29 is 0 Å². The Morgan fingerprint density at radius 3 is 2.77 bits per heavy atom. The molecule has 0 bridgehead atoms. The zero-order chi connectivity index (χ0) is 20.5. The van der Waals surface area contributed by atoms with Crippen LogP contribution in [0.2, 0.25) is 5.02 Å². The minimum atomic E-state index is -0.222. The van der Waals surface area contributed by atoms with Crippen LogP contribution in [0.15, 0.2) is 41.2 Å². The number of halogens is 1. The summed E-state index contributed by atoms with van der Waals surface area (Å²) in [5.41, 5.74) is 4.32. The Morgan fingerprint density at radius 2 is 2.00 bits per heavy atom. The zero-order valence-corrected chi connectivity index (χ0v) is 17.8. The van der Waals surface area contributed by atoms with Gasteiger partial charge >= 0.3 is 0 Å². The number of nitrogens with one attached hydrogen (secondary N) is 2. The van der Waals surface area contributed by atoms with Crippen LogP contribution in [0.25, 0.3) is 16.6 Å². The maximum absolute atomic E-state index is 13.0. The summed E-state index contributed by atoms with van der Waals surface area (Å²) < 4.78 is 2.22. The Bertz CT molecular complexity index is 1220. The Morgan fingerprint density at radius 1 is 1.20 bits per heavy atom. The Kier molecular flexibility index (Phi) is 4.11. The summed E-state index contributed by atoms with van der Waals surface area (Å²) in [7, 11) is 2.01. The molecule has 0 radical (unpaired) electrons. The van der Waals surface area contributed by atoms with Crippen molar-refractivity contribution in [1.29, 1.82) is 0 Å². The van der Waals surface area contributed by atoms with Crippen molar-refractivity contribution in [3.63, 3.8) is 0 Å². The van der Waals surface area contributed by atoms with Gasteiger partial charge in [0, 0.05) is 6.04 Å². The van der Waals surface area contributed by atoms with Crippen molar-refractivity contribution in [3.05, 3.63) is 68.7 Å². The molecule has 1 saturated heterocycles. The van der Waals surface area contributed by atoms with Crippen LogP contribution in [0.5, 0.6) is 0 Å². The third-order valence-corrected chi connectivity index (χ3v) is 7.80. The highest BCUT2D eigenvalue weighted by atomic mass is 35.5. The molecule has 154 valence electrons. The smallest absolute Gasteiger partial charge is 0.282 e. The third kappa shape index (κ3) is 2.43. The van der Waals surface area contributed by atoms with Gasteiger partial charge in [0.05, 0.1) is 27.0 Å². The topological polar surface area (TPSA) is 58.9 Å². The molecule has 1 aliphatic carbocycles. The largest absolute Gasteiger partial charge is 0.317 e. The summed E-state index contributed by atoms with van der Waals surface area (Å²) in [4.78, 5) is 17.6. The molecule has 3 aromatic rings. The van der Waals surface area contributed by atoms with Crippen LogP contribution in [-0.2, 0) is 5.41 Å². The molecule has 0 amide bonds. The van der Waals surface area contributed by atoms with Gasteiger partial charge in [0.2, 0.25) is 0 Å². The second-order valence-electron chi connectivity index (χ2n) is 8.99. The highest BCUT2D eigenvalue weighted by Gasteiger charge is 2.54. The molecule has 6 heteroatoms. The molecule has 3 aliphatic rings. The van der Waals surface area contributed by atoms with E-state index in [1.807, 2.05) is 19.2 Å². The number of rotatable bonds is 2. The monoisotopic (exact) mass is 420 g/mol. The molecule has 5 nitrogen and oxygen atoms in total. The van der Waals surface area contributed by atoms with E-state index in [-0.39, 0.29) is 11.0 Å². The fourth-order valence-corrected chi connectivity index (χ4v) is 6.10. The summed E-state index contributed by atoms with van der Waals surface area (Å²) in [6, 6.07) is 13.1. The van der Waals surface area contributed by atoms with Gasteiger partial charge in [-0.05, 0) is 81.1 Å². The zero-order valence-electron chi connectivity index (χ0n) is 17.0. The minimum absolute atomic E-state index is 0.189. The number of nitrogens with zero attached hydrogens (tertiary/aromatic N) is 2. The van der Waals surface area contributed by atoms with Gasteiger partial charge in [-0.3, -0.25) is 9.36 Å². The molecule has 3 heterocycles. The van der Waals surface area contributed by atoms with Crippen LogP contribution in [-0.4, -0.2) is 35.7 Å². The van der Waals surface area contributed by atoms with Crippen molar-refractivity contribution in [2.45, 2.75) is 43.1 Å². The molecular formula is C24H25ClN4O. The predicted molar refractivity (Wildman–Crippen MR) is 120 cm³/mol. The van der Waals surface area contributed by atoms with E-state index in [9.17, 15) is 4.79 Å². The number of fused-ring (bicyclic) bond motifs is 7. The summed E-state index contributed by atoms with van der Waals surface area (Å²) >= 11 is 6.44. The van der Waals surface area contributed by atoms with Crippen LogP contribution < -0.4 is 16.2 Å². The van der Waals surface area contributed by atoms with E-state index >= 15 is 0 Å². The molecule has 1 spiro atoms. The van der Waals surface area contributed by atoms with Gasteiger partial charge in [0.1, 0.15) is 5.82 Å². The number of hydrogen-bond donors (Lipinski definition) is 2. The van der Waals surface area contributed by atoms with E-state index in [4.69, 9.17) is 11.6 Å². The predicted octanol–water partition coefficient (Wildman–Crippen LogP) is 3.49. The third-order valence-electron chi connectivity index (χ3n) is 7.48. The summed E-state index contributed by atoms with van der Waals surface area (Å²) in [6.45, 7) is 2.14. The molecule has 0 atom stereocenters. The van der Waals surface area contributed by atoms with Crippen molar-refractivity contribution in [3.8, 4) is 5.69 Å². The van der Waals surface area contributed by atoms with Gasteiger partial charge in [-0.25, -0.2) is 0 Å². The van der Waals surface area contributed by atoms with Crippen LogP contribution in [0.3, 0.4) is 0 Å². The van der Waals surface area contributed by atoms with E-state index in [2.05, 4.69) is 38.4 Å². The van der Waals surface area contributed by atoms with E-state index in [0.29, 0.717) is 22.4 Å². The van der Waals surface area contributed by atoms with E-state index in [0.717, 1.165) is 50.1 Å². The number of piperidine rings is 1. The lowest BCUT2D eigenvalue weighted by Crippen LogP contribution is -2.51. The summed E-state index contributed by atoms with van der Waals surface area (Å²) in [6.07, 6.45) is 4.24. The first-order valence-corrected chi connectivity index (χ1v) is 11.2. The Balaban J connectivity index is 1.62. The molecule has 2 fully saturated rings. The Labute approximate surface area is 180 Å². The number of benzene rings is 2. The van der Waals surface area contributed by atoms with Crippen LogP contribution >= 0.6 is 11.6 Å². The molecule has 2 aromatic carbocycles. The second kappa shape index (κ2) is 6.64. The van der Waals surface area contributed by atoms with Crippen molar-refractivity contribution in [1.82, 2.24) is 20.2 Å². The SMILES string of the molecule is CNC1CC2(C1)c1ccc(C3CCNCC3)cc1-n1c2nc(=O)c2c(Cl)cccc21. The van der Waals surface area contributed by atoms with Gasteiger partial charge < -0.3 is 10.6 Å². The van der Waals surface area contributed by atoms with Crippen molar-refractivity contribution in [2.75, 3.05) is 20.1 Å². The molecule has 1 saturated carbocycles. The first-order valence-electron chi connectivity index (χ1n) is 10.9. The molecule has 30 heavy (non-hydrogen) atoms. The minimum Gasteiger partial charge on any atom is -0.317 e. The molecule has 2 aliphatic heterocycles. The standard InChI is InChI=1S/C24H25ClN4O/c1-26-16-12-24(13-16)17-6-5-15(14-7-9-27-10-8-14)11-20(17)29-19-4-2-3-18(25)21(19)22(30)28-23(24)29/h2-6,11,14,16,26-27H,7-10,12-13H2,1H3. The van der Waals surface area contributed by atoms with Crippen LogP contribution in [0.4, 0.5) is 0 Å². The number of hydrogen-bond acceptors (Lipinski definition) is 4. The lowest BCUT2D eigenvalue weighted by atomic mass is 9.61. The molecule has 2 N–H and O–H groups in total. The van der Waals surface area contributed by atoms with Crippen molar-refractivity contribution >= 4 is 22.5 Å². The molecular weight excluding hydrogens is 396 g/mol. The van der Waals surface area contributed by atoms with Crippen LogP contribution in [0.1, 0.15) is 48.6 Å². The molecule has 0 unspecified atom stereocenters. The van der Waals surface area contributed by atoms with Crippen molar-refractivity contribution in [2.24, 2.45) is 0 Å². The van der Waals surface area contributed by atoms with Gasteiger partial charge in [-0.15, -0.1) is 0 Å². The maximum Gasteiger partial charge on any atom is 0.282 e.